The summed E-state index contributed by atoms with van der Waals surface area (Å²) < 4.78 is 15.4. The number of para-hydroxylation sites is 1. The van der Waals surface area contributed by atoms with E-state index in [-0.39, 0.29) is 11.7 Å². The second kappa shape index (κ2) is 7.56. The minimum atomic E-state index is -0.370. The highest BCUT2D eigenvalue weighted by molar-refractivity contribution is 5.94. The second-order valence-electron chi connectivity index (χ2n) is 7.44. The highest BCUT2D eigenvalue weighted by Gasteiger charge is 2.23. The van der Waals surface area contributed by atoms with Gasteiger partial charge in [-0.3, -0.25) is 4.79 Å². The standard InChI is InChI=1S/C22H23FN4O/c1-25(2)13-16-7-8-18-14-26(10-9-17(18)11-16)22(28)19-12-24-27(15-19)21-6-4-3-5-20(21)23/h3-8,11-12,15H,9-10,13-14H2,1-2H3. The summed E-state index contributed by atoms with van der Waals surface area (Å²) in [6, 6.07) is 12.9. The first-order valence-corrected chi connectivity index (χ1v) is 9.35. The molecule has 3 aromatic rings. The van der Waals surface area contributed by atoms with E-state index in [2.05, 4.69) is 42.3 Å². The molecule has 0 atom stereocenters. The molecule has 2 aromatic carbocycles. The SMILES string of the molecule is CN(C)Cc1ccc2c(c1)CCN(C(=O)c1cnn(-c3ccccc3F)c1)C2. The quantitative estimate of drug-likeness (QED) is 0.700. The molecule has 0 saturated carbocycles. The fraction of sp³-hybridized carbons (Fsp3) is 0.273. The van der Waals surface area contributed by atoms with Gasteiger partial charge in [0.1, 0.15) is 11.5 Å². The molecule has 0 bridgehead atoms. The second-order valence-corrected chi connectivity index (χ2v) is 7.44. The van der Waals surface area contributed by atoms with Crippen LogP contribution >= 0.6 is 0 Å². The maximum atomic E-state index is 14.0. The molecule has 0 saturated heterocycles. The Labute approximate surface area is 164 Å². The van der Waals surface area contributed by atoms with Gasteiger partial charge < -0.3 is 9.80 Å². The molecule has 4 rings (SSSR count). The van der Waals surface area contributed by atoms with Crippen molar-refractivity contribution in [3.63, 3.8) is 0 Å². The van der Waals surface area contributed by atoms with Crippen molar-refractivity contribution in [2.45, 2.75) is 19.5 Å². The summed E-state index contributed by atoms with van der Waals surface area (Å²) in [5.74, 6) is -0.448. The van der Waals surface area contributed by atoms with E-state index < -0.39 is 0 Å². The number of hydrogen-bond acceptors (Lipinski definition) is 3. The molecule has 0 spiro atoms. The van der Waals surface area contributed by atoms with Gasteiger partial charge in [-0.1, -0.05) is 30.3 Å². The van der Waals surface area contributed by atoms with Gasteiger partial charge in [0.05, 0.1) is 11.8 Å². The summed E-state index contributed by atoms with van der Waals surface area (Å²) in [4.78, 5) is 16.9. The first-order chi connectivity index (χ1) is 13.5. The smallest absolute Gasteiger partial charge is 0.257 e. The van der Waals surface area contributed by atoms with Crippen molar-refractivity contribution < 1.29 is 9.18 Å². The van der Waals surface area contributed by atoms with Crippen molar-refractivity contribution in [2.24, 2.45) is 0 Å². The topological polar surface area (TPSA) is 41.4 Å². The lowest BCUT2D eigenvalue weighted by atomic mass is 9.97. The number of halogens is 1. The van der Waals surface area contributed by atoms with E-state index in [0.29, 0.717) is 24.3 Å². The molecule has 0 N–H and O–H groups in total. The molecule has 1 amide bonds. The number of hydrogen-bond donors (Lipinski definition) is 0. The Hall–Kier alpha value is -2.99. The molecule has 1 aliphatic heterocycles. The van der Waals surface area contributed by atoms with Crippen LogP contribution in [0.1, 0.15) is 27.0 Å². The Morgan fingerprint density at radius 3 is 2.79 bits per heavy atom. The van der Waals surface area contributed by atoms with Crippen LogP contribution in [-0.4, -0.2) is 46.1 Å². The van der Waals surface area contributed by atoms with Gasteiger partial charge in [0, 0.05) is 25.8 Å². The van der Waals surface area contributed by atoms with Crippen LogP contribution in [0.25, 0.3) is 5.69 Å². The number of amides is 1. The van der Waals surface area contributed by atoms with Crippen LogP contribution in [0.5, 0.6) is 0 Å². The molecule has 0 unspecified atom stereocenters. The van der Waals surface area contributed by atoms with Gasteiger partial charge in [0.15, 0.2) is 0 Å². The maximum Gasteiger partial charge on any atom is 0.257 e. The molecule has 28 heavy (non-hydrogen) atoms. The van der Waals surface area contributed by atoms with Crippen molar-refractivity contribution in [3.8, 4) is 5.69 Å². The summed E-state index contributed by atoms with van der Waals surface area (Å²) in [6.07, 6.45) is 3.94. The van der Waals surface area contributed by atoms with E-state index in [9.17, 15) is 9.18 Å². The number of nitrogens with zero attached hydrogens (tertiary/aromatic N) is 4. The van der Waals surface area contributed by atoms with Crippen LogP contribution < -0.4 is 0 Å². The van der Waals surface area contributed by atoms with E-state index in [1.165, 1.54) is 33.6 Å². The number of carbonyl (C=O) groups excluding carboxylic acids is 1. The monoisotopic (exact) mass is 378 g/mol. The van der Waals surface area contributed by atoms with Gasteiger partial charge in [0.2, 0.25) is 0 Å². The van der Waals surface area contributed by atoms with E-state index >= 15 is 0 Å². The molecule has 0 fully saturated rings. The number of carbonyl (C=O) groups is 1. The fourth-order valence-electron chi connectivity index (χ4n) is 3.63. The largest absolute Gasteiger partial charge is 0.334 e. The number of benzene rings is 2. The van der Waals surface area contributed by atoms with Crippen molar-refractivity contribution in [1.82, 2.24) is 19.6 Å². The average molecular weight is 378 g/mol. The third kappa shape index (κ3) is 3.68. The van der Waals surface area contributed by atoms with Crippen molar-refractivity contribution in [2.75, 3.05) is 20.6 Å². The third-order valence-electron chi connectivity index (χ3n) is 5.00. The molecular formula is C22H23FN4O. The van der Waals surface area contributed by atoms with Crippen LogP contribution in [-0.2, 0) is 19.5 Å². The van der Waals surface area contributed by atoms with Gasteiger partial charge in [-0.05, 0) is 49.3 Å². The first kappa shape index (κ1) is 18.4. The lowest BCUT2D eigenvalue weighted by Gasteiger charge is -2.29. The lowest BCUT2D eigenvalue weighted by Crippen LogP contribution is -2.35. The molecule has 2 heterocycles. The minimum absolute atomic E-state index is 0.0781. The normalized spacial score (nSPS) is 13.6. The molecule has 0 radical (unpaired) electrons. The number of rotatable bonds is 4. The van der Waals surface area contributed by atoms with Gasteiger partial charge in [-0.25, -0.2) is 9.07 Å². The van der Waals surface area contributed by atoms with Crippen molar-refractivity contribution >= 4 is 5.91 Å². The van der Waals surface area contributed by atoms with Crippen LogP contribution in [0.4, 0.5) is 4.39 Å². The zero-order valence-corrected chi connectivity index (χ0v) is 16.1. The first-order valence-electron chi connectivity index (χ1n) is 9.35. The van der Waals surface area contributed by atoms with E-state index in [0.717, 1.165) is 13.0 Å². The molecule has 144 valence electrons. The number of aromatic nitrogens is 2. The van der Waals surface area contributed by atoms with Crippen LogP contribution in [0, 0.1) is 5.82 Å². The predicted molar refractivity (Wildman–Crippen MR) is 106 cm³/mol. The van der Waals surface area contributed by atoms with Crippen LogP contribution in [0.15, 0.2) is 54.9 Å². The Kier molecular flexibility index (Phi) is 4.96. The molecule has 1 aliphatic rings. The highest BCUT2D eigenvalue weighted by Crippen LogP contribution is 2.23. The summed E-state index contributed by atoms with van der Waals surface area (Å²) in [5, 5.41) is 4.17. The average Bonchev–Trinajstić information content (AvgIpc) is 3.17. The molecule has 0 aliphatic carbocycles. The summed E-state index contributed by atoms with van der Waals surface area (Å²) in [7, 11) is 4.11. The number of fused-ring (bicyclic) bond motifs is 1. The summed E-state index contributed by atoms with van der Waals surface area (Å²) in [5.41, 5.74) is 4.58. The van der Waals surface area contributed by atoms with E-state index in [4.69, 9.17) is 0 Å². The van der Waals surface area contributed by atoms with Gasteiger partial charge in [-0.15, -0.1) is 0 Å². The molecular weight excluding hydrogens is 355 g/mol. The lowest BCUT2D eigenvalue weighted by molar-refractivity contribution is 0.0734. The summed E-state index contributed by atoms with van der Waals surface area (Å²) in [6.45, 7) is 2.16. The van der Waals surface area contributed by atoms with E-state index in [1.54, 1.807) is 24.4 Å². The van der Waals surface area contributed by atoms with E-state index in [1.807, 2.05) is 4.90 Å². The van der Waals surface area contributed by atoms with Crippen LogP contribution in [0.2, 0.25) is 0 Å². The predicted octanol–water partition coefficient (Wildman–Crippen LogP) is 3.27. The Morgan fingerprint density at radius 2 is 2.00 bits per heavy atom. The third-order valence-corrected chi connectivity index (χ3v) is 5.00. The Bertz CT molecular complexity index is 1010. The minimum Gasteiger partial charge on any atom is -0.334 e. The van der Waals surface area contributed by atoms with Gasteiger partial charge in [-0.2, -0.15) is 5.10 Å². The Morgan fingerprint density at radius 1 is 1.18 bits per heavy atom. The summed E-state index contributed by atoms with van der Waals surface area (Å²) >= 11 is 0. The Balaban J connectivity index is 1.50. The zero-order chi connectivity index (χ0) is 19.7. The highest BCUT2D eigenvalue weighted by atomic mass is 19.1. The van der Waals surface area contributed by atoms with Gasteiger partial charge in [0.25, 0.3) is 5.91 Å². The van der Waals surface area contributed by atoms with Gasteiger partial charge >= 0.3 is 0 Å². The van der Waals surface area contributed by atoms with Crippen molar-refractivity contribution in [3.05, 3.63) is 82.9 Å². The van der Waals surface area contributed by atoms with Crippen LogP contribution in [0.3, 0.4) is 0 Å². The molecule has 5 nitrogen and oxygen atoms in total. The fourth-order valence-corrected chi connectivity index (χ4v) is 3.63. The van der Waals surface area contributed by atoms with Crippen molar-refractivity contribution in [1.29, 1.82) is 0 Å². The molecule has 1 aromatic heterocycles. The zero-order valence-electron chi connectivity index (χ0n) is 16.1. The maximum absolute atomic E-state index is 14.0. The molecule has 6 heteroatoms.